The summed E-state index contributed by atoms with van der Waals surface area (Å²) < 4.78 is 42.0. The molecule has 138 valence electrons. The van der Waals surface area contributed by atoms with Crippen LogP contribution in [0.15, 0.2) is 42.5 Å². The summed E-state index contributed by atoms with van der Waals surface area (Å²) in [5.41, 5.74) is 1.63. The van der Waals surface area contributed by atoms with Gasteiger partial charge in [-0.25, -0.2) is 0 Å². The van der Waals surface area contributed by atoms with Crippen molar-refractivity contribution in [2.24, 2.45) is 0 Å². The van der Waals surface area contributed by atoms with E-state index in [4.69, 9.17) is 4.74 Å². The van der Waals surface area contributed by atoms with Crippen LogP contribution in [-0.2, 0) is 4.79 Å². The third-order valence-electron chi connectivity index (χ3n) is 3.24. The minimum absolute atomic E-state index is 0.0643. The number of carbonyl (C=O) groups excluding carboxylic acids is 2. The zero-order chi connectivity index (χ0) is 19.3. The Balaban J connectivity index is 2.14. The van der Waals surface area contributed by atoms with E-state index in [1.54, 1.807) is 25.1 Å². The maximum Gasteiger partial charge on any atom is 0.422 e. The molecule has 2 aromatic rings. The molecule has 2 rings (SSSR count). The van der Waals surface area contributed by atoms with E-state index in [2.05, 4.69) is 10.6 Å². The molecular weight excluding hydrogens is 349 g/mol. The highest BCUT2D eigenvalue weighted by molar-refractivity contribution is 6.05. The predicted molar refractivity (Wildman–Crippen MR) is 91.4 cm³/mol. The summed E-state index contributed by atoms with van der Waals surface area (Å²) >= 11 is 0. The van der Waals surface area contributed by atoms with Crippen LogP contribution in [0, 0.1) is 6.92 Å². The molecule has 0 spiro atoms. The Morgan fingerprint density at radius 3 is 2.27 bits per heavy atom. The van der Waals surface area contributed by atoms with Gasteiger partial charge in [-0.2, -0.15) is 13.2 Å². The monoisotopic (exact) mass is 366 g/mol. The summed E-state index contributed by atoms with van der Waals surface area (Å²) in [4.78, 5) is 23.3. The van der Waals surface area contributed by atoms with E-state index in [1.807, 2.05) is 0 Å². The SMILES string of the molecule is CC(=O)Nc1ccc(C(=O)Nc2ccc(C)cc2OCC(F)(F)F)cc1. The van der Waals surface area contributed by atoms with Crippen molar-refractivity contribution >= 4 is 23.2 Å². The lowest BCUT2D eigenvalue weighted by Gasteiger charge is -2.15. The number of rotatable bonds is 5. The highest BCUT2D eigenvalue weighted by atomic mass is 19.4. The van der Waals surface area contributed by atoms with Crippen molar-refractivity contribution in [3.63, 3.8) is 0 Å². The van der Waals surface area contributed by atoms with E-state index in [0.29, 0.717) is 11.3 Å². The number of anilines is 2. The van der Waals surface area contributed by atoms with Crippen LogP contribution >= 0.6 is 0 Å². The van der Waals surface area contributed by atoms with Crippen LogP contribution in [0.2, 0.25) is 0 Å². The molecule has 0 saturated carbocycles. The van der Waals surface area contributed by atoms with Crippen LogP contribution in [0.5, 0.6) is 5.75 Å². The highest BCUT2D eigenvalue weighted by Crippen LogP contribution is 2.28. The topological polar surface area (TPSA) is 67.4 Å². The normalized spacial score (nSPS) is 11.0. The molecular formula is C18H17F3N2O3. The molecule has 0 aliphatic rings. The molecule has 0 atom stereocenters. The van der Waals surface area contributed by atoms with E-state index >= 15 is 0 Å². The minimum atomic E-state index is -4.48. The van der Waals surface area contributed by atoms with Crippen molar-refractivity contribution in [1.82, 2.24) is 0 Å². The van der Waals surface area contributed by atoms with Gasteiger partial charge in [-0.05, 0) is 48.9 Å². The average Bonchev–Trinajstić information content (AvgIpc) is 2.54. The van der Waals surface area contributed by atoms with Crippen LogP contribution in [0.25, 0.3) is 0 Å². The quantitative estimate of drug-likeness (QED) is 0.835. The molecule has 0 unspecified atom stereocenters. The smallest absolute Gasteiger partial charge is 0.422 e. The molecule has 0 bridgehead atoms. The zero-order valence-electron chi connectivity index (χ0n) is 14.1. The maximum absolute atomic E-state index is 12.4. The molecule has 0 aliphatic carbocycles. The fourth-order valence-electron chi connectivity index (χ4n) is 2.11. The summed E-state index contributed by atoms with van der Waals surface area (Å²) in [6.07, 6.45) is -4.48. The lowest BCUT2D eigenvalue weighted by molar-refractivity contribution is -0.153. The molecule has 26 heavy (non-hydrogen) atoms. The van der Waals surface area contributed by atoms with Gasteiger partial charge < -0.3 is 15.4 Å². The lowest BCUT2D eigenvalue weighted by atomic mass is 10.1. The van der Waals surface area contributed by atoms with Gasteiger partial charge in [0.15, 0.2) is 6.61 Å². The number of aryl methyl sites for hydroxylation is 1. The van der Waals surface area contributed by atoms with E-state index in [0.717, 1.165) is 0 Å². The molecule has 2 amide bonds. The van der Waals surface area contributed by atoms with E-state index in [1.165, 1.54) is 31.2 Å². The van der Waals surface area contributed by atoms with Crippen molar-refractivity contribution in [3.05, 3.63) is 53.6 Å². The van der Waals surface area contributed by atoms with Crippen LogP contribution < -0.4 is 15.4 Å². The summed E-state index contributed by atoms with van der Waals surface area (Å²) in [5, 5.41) is 5.10. The summed E-state index contributed by atoms with van der Waals surface area (Å²) in [6.45, 7) is 1.61. The first-order chi connectivity index (χ1) is 12.1. The Labute approximate surface area is 148 Å². The standard InChI is InChI=1S/C18H17F3N2O3/c1-11-3-8-15(16(9-11)26-10-18(19,20)21)23-17(25)13-4-6-14(7-5-13)22-12(2)24/h3-9H,10H2,1-2H3,(H,22,24)(H,23,25). The van der Waals surface area contributed by atoms with Crippen LogP contribution in [-0.4, -0.2) is 24.6 Å². The molecule has 0 heterocycles. The highest BCUT2D eigenvalue weighted by Gasteiger charge is 2.29. The van der Waals surface area contributed by atoms with Gasteiger partial charge in [0.25, 0.3) is 5.91 Å². The molecule has 0 aromatic heterocycles. The van der Waals surface area contributed by atoms with Crippen molar-refractivity contribution in [2.45, 2.75) is 20.0 Å². The van der Waals surface area contributed by atoms with E-state index in [9.17, 15) is 22.8 Å². The number of nitrogens with one attached hydrogen (secondary N) is 2. The van der Waals surface area contributed by atoms with Crippen molar-refractivity contribution in [2.75, 3.05) is 17.2 Å². The summed E-state index contributed by atoms with van der Waals surface area (Å²) in [5.74, 6) is -0.820. The average molecular weight is 366 g/mol. The van der Waals surface area contributed by atoms with Gasteiger partial charge in [0.2, 0.25) is 5.91 Å². The number of hydrogen-bond donors (Lipinski definition) is 2. The summed E-state index contributed by atoms with van der Waals surface area (Å²) in [6, 6.07) is 10.6. The Hall–Kier alpha value is -3.03. The van der Waals surface area contributed by atoms with Gasteiger partial charge in [-0.3, -0.25) is 9.59 Å². The molecule has 0 saturated heterocycles. The lowest BCUT2D eigenvalue weighted by Crippen LogP contribution is -2.20. The Morgan fingerprint density at radius 2 is 1.69 bits per heavy atom. The van der Waals surface area contributed by atoms with Gasteiger partial charge >= 0.3 is 6.18 Å². The number of benzene rings is 2. The van der Waals surface area contributed by atoms with E-state index < -0.39 is 18.7 Å². The Morgan fingerprint density at radius 1 is 1.04 bits per heavy atom. The van der Waals surface area contributed by atoms with E-state index in [-0.39, 0.29) is 22.9 Å². The molecule has 2 N–H and O–H groups in total. The van der Waals surface area contributed by atoms with Crippen molar-refractivity contribution < 1.29 is 27.5 Å². The van der Waals surface area contributed by atoms with Crippen LogP contribution in [0.3, 0.4) is 0 Å². The number of carbonyl (C=O) groups is 2. The van der Waals surface area contributed by atoms with Crippen LogP contribution in [0.1, 0.15) is 22.8 Å². The van der Waals surface area contributed by atoms with Gasteiger partial charge in [0.05, 0.1) is 5.69 Å². The second-order valence-electron chi connectivity index (χ2n) is 5.62. The third-order valence-corrected chi connectivity index (χ3v) is 3.24. The van der Waals surface area contributed by atoms with Gasteiger partial charge in [-0.1, -0.05) is 6.07 Å². The number of amides is 2. The first-order valence-electron chi connectivity index (χ1n) is 7.63. The zero-order valence-corrected chi connectivity index (χ0v) is 14.1. The second kappa shape index (κ2) is 7.90. The van der Waals surface area contributed by atoms with Crippen molar-refractivity contribution in [1.29, 1.82) is 0 Å². The first-order valence-corrected chi connectivity index (χ1v) is 7.63. The Kier molecular flexibility index (Phi) is 5.86. The van der Waals surface area contributed by atoms with Crippen LogP contribution in [0.4, 0.5) is 24.5 Å². The third kappa shape index (κ3) is 5.80. The minimum Gasteiger partial charge on any atom is -0.482 e. The molecule has 0 aliphatic heterocycles. The molecule has 2 aromatic carbocycles. The fourth-order valence-corrected chi connectivity index (χ4v) is 2.11. The molecule has 8 heteroatoms. The maximum atomic E-state index is 12.4. The van der Waals surface area contributed by atoms with Gasteiger partial charge in [-0.15, -0.1) is 0 Å². The molecule has 0 fully saturated rings. The number of halogens is 3. The summed E-state index contributed by atoms with van der Waals surface area (Å²) in [7, 11) is 0. The van der Waals surface area contributed by atoms with Gasteiger partial charge in [0, 0.05) is 18.2 Å². The molecule has 5 nitrogen and oxygen atoms in total. The Bertz CT molecular complexity index is 802. The van der Waals surface area contributed by atoms with Crippen molar-refractivity contribution in [3.8, 4) is 5.75 Å². The number of hydrogen-bond acceptors (Lipinski definition) is 3. The largest absolute Gasteiger partial charge is 0.482 e. The molecule has 0 radical (unpaired) electrons. The number of alkyl halides is 3. The number of ether oxygens (including phenoxy) is 1. The first kappa shape index (κ1) is 19.3. The predicted octanol–water partition coefficient (Wildman–Crippen LogP) is 4.15. The fraction of sp³-hybridized carbons (Fsp3) is 0.222. The van der Waals surface area contributed by atoms with Gasteiger partial charge in [0.1, 0.15) is 5.75 Å². The second-order valence-corrected chi connectivity index (χ2v) is 5.62.